The van der Waals surface area contributed by atoms with E-state index in [4.69, 9.17) is 24.7 Å². The summed E-state index contributed by atoms with van der Waals surface area (Å²) in [5.41, 5.74) is 3.37. The van der Waals surface area contributed by atoms with Crippen molar-refractivity contribution in [3.8, 4) is 5.95 Å². The third-order valence-corrected chi connectivity index (χ3v) is 8.57. The van der Waals surface area contributed by atoms with E-state index in [1.165, 1.54) is 0 Å². The van der Waals surface area contributed by atoms with Crippen LogP contribution in [0.2, 0.25) is 0 Å². The van der Waals surface area contributed by atoms with Gasteiger partial charge in [0.05, 0.1) is 36.2 Å². The smallest absolute Gasteiger partial charge is 0.239 e. The molecule has 1 spiro atoms. The number of fused-ring (bicyclic) bond motifs is 2. The van der Waals surface area contributed by atoms with Crippen LogP contribution in [0.1, 0.15) is 30.9 Å². The standard InChI is InChI=1S/C27H33N9O2/c1-18-29-19-5-3-4-6-20(19)36(18)26-31-23-22(24(32-26)35-13-15-38-16-14-35)30-21(33(23)2)17-34-11-8-27(9-12-34)7-10-28-25(27)37/h3-6H,7-17H2,1-2H3,(H,28,37). The number of aryl methyl sites for hydroxylation is 2. The zero-order valence-electron chi connectivity index (χ0n) is 22.0. The number of carbonyl (C=O) groups excluding carboxylic acids is 1. The van der Waals surface area contributed by atoms with E-state index in [2.05, 4.69) is 25.8 Å². The Morgan fingerprint density at radius 1 is 1.00 bits per heavy atom. The number of ether oxygens (including phenoxy) is 1. The summed E-state index contributed by atoms with van der Waals surface area (Å²) in [5.74, 6) is 3.48. The van der Waals surface area contributed by atoms with Gasteiger partial charge in [-0.25, -0.2) is 9.97 Å². The van der Waals surface area contributed by atoms with Gasteiger partial charge < -0.3 is 19.5 Å². The van der Waals surface area contributed by atoms with Crippen LogP contribution in [0.5, 0.6) is 0 Å². The van der Waals surface area contributed by atoms with Crippen molar-refractivity contribution in [2.45, 2.75) is 32.7 Å². The summed E-state index contributed by atoms with van der Waals surface area (Å²) in [4.78, 5) is 37.1. The van der Waals surface area contributed by atoms with Crippen molar-refractivity contribution in [3.05, 3.63) is 35.9 Å². The van der Waals surface area contributed by atoms with Crippen LogP contribution >= 0.6 is 0 Å². The molecule has 3 fully saturated rings. The van der Waals surface area contributed by atoms with Gasteiger partial charge in [0.1, 0.15) is 11.6 Å². The Morgan fingerprint density at radius 2 is 1.79 bits per heavy atom. The number of hydrogen-bond donors (Lipinski definition) is 1. The fraction of sp³-hybridized carbons (Fsp3) is 0.519. The molecule has 0 bridgehead atoms. The summed E-state index contributed by atoms with van der Waals surface area (Å²) < 4.78 is 9.76. The van der Waals surface area contributed by atoms with Gasteiger partial charge in [0.2, 0.25) is 11.9 Å². The third kappa shape index (κ3) is 3.75. The quantitative estimate of drug-likeness (QED) is 0.440. The molecular formula is C27H33N9O2. The molecule has 11 heteroatoms. The molecule has 7 rings (SSSR count). The number of amides is 1. The number of piperidine rings is 1. The van der Waals surface area contributed by atoms with Crippen molar-refractivity contribution in [1.82, 2.24) is 39.3 Å². The van der Waals surface area contributed by atoms with Gasteiger partial charge >= 0.3 is 0 Å². The zero-order chi connectivity index (χ0) is 25.9. The van der Waals surface area contributed by atoms with Gasteiger partial charge in [0.25, 0.3) is 0 Å². The van der Waals surface area contributed by atoms with E-state index >= 15 is 0 Å². The van der Waals surface area contributed by atoms with Crippen LogP contribution in [-0.2, 0) is 23.1 Å². The van der Waals surface area contributed by atoms with Crippen LogP contribution in [-0.4, -0.2) is 85.8 Å². The van der Waals surface area contributed by atoms with Gasteiger partial charge in [-0.05, 0) is 51.4 Å². The summed E-state index contributed by atoms with van der Waals surface area (Å²) >= 11 is 0. The van der Waals surface area contributed by atoms with Crippen molar-refractivity contribution in [2.24, 2.45) is 12.5 Å². The number of para-hydroxylation sites is 2. The SMILES string of the molecule is Cc1nc2ccccc2n1-c1nc(N2CCOCC2)c2nc(CN3CCC4(CCNC4=O)CC3)n(C)c2n1. The molecule has 6 heterocycles. The van der Waals surface area contributed by atoms with Gasteiger partial charge in [0.15, 0.2) is 17.0 Å². The normalized spacial score (nSPS) is 20.2. The first kappa shape index (κ1) is 23.5. The lowest BCUT2D eigenvalue weighted by Crippen LogP contribution is -2.43. The first-order valence-corrected chi connectivity index (χ1v) is 13.5. The van der Waals surface area contributed by atoms with E-state index < -0.39 is 0 Å². The lowest BCUT2D eigenvalue weighted by molar-refractivity contribution is -0.130. The Bertz CT molecular complexity index is 1530. The second-order valence-corrected chi connectivity index (χ2v) is 10.8. The molecule has 0 saturated carbocycles. The molecule has 11 nitrogen and oxygen atoms in total. The van der Waals surface area contributed by atoms with E-state index in [-0.39, 0.29) is 11.3 Å². The average Bonchev–Trinajstić information content (AvgIpc) is 3.58. The Kier molecular flexibility index (Phi) is 5.59. The maximum Gasteiger partial charge on any atom is 0.239 e. The van der Waals surface area contributed by atoms with Gasteiger partial charge in [-0.3, -0.25) is 14.3 Å². The predicted molar refractivity (Wildman–Crippen MR) is 143 cm³/mol. The van der Waals surface area contributed by atoms with Crippen molar-refractivity contribution in [2.75, 3.05) is 50.8 Å². The summed E-state index contributed by atoms with van der Waals surface area (Å²) in [7, 11) is 2.04. The molecule has 0 radical (unpaired) electrons. The highest BCUT2D eigenvalue weighted by Gasteiger charge is 2.44. The number of benzene rings is 1. The maximum absolute atomic E-state index is 12.4. The van der Waals surface area contributed by atoms with Crippen molar-refractivity contribution in [1.29, 1.82) is 0 Å². The van der Waals surface area contributed by atoms with Crippen LogP contribution in [0.15, 0.2) is 24.3 Å². The second kappa shape index (κ2) is 9.02. The van der Waals surface area contributed by atoms with Crippen LogP contribution in [0.25, 0.3) is 28.1 Å². The minimum absolute atomic E-state index is 0.168. The van der Waals surface area contributed by atoms with Crippen LogP contribution in [0, 0.1) is 12.3 Å². The number of nitrogens with one attached hydrogen (secondary N) is 1. The topological polar surface area (TPSA) is 106 Å². The summed E-state index contributed by atoms with van der Waals surface area (Å²) in [6, 6.07) is 8.08. The van der Waals surface area contributed by atoms with Crippen molar-refractivity contribution in [3.63, 3.8) is 0 Å². The molecule has 3 saturated heterocycles. The minimum Gasteiger partial charge on any atom is -0.378 e. The molecular weight excluding hydrogens is 482 g/mol. The van der Waals surface area contributed by atoms with E-state index in [9.17, 15) is 4.79 Å². The van der Waals surface area contributed by atoms with Gasteiger partial charge in [-0.2, -0.15) is 9.97 Å². The fourth-order valence-corrected chi connectivity index (χ4v) is 6.25. The fourth-order valence-electron chi connectivity index (χ4n) is 6.25. The largest absolute Gasteiger partial charge is 0.378 e. The number of hydrogen-bond acceptors (Lipinski definition) is 8. The molecule has 4 aromatic rings. The Morgan fingerprint density at radius 3 is 2.55 bits per heavy atom. The molecule has 0 unspecified atom stereocenters. The van der Waals surface area contributed by atoms with E-state index in [0.717, 1.165) is 98.2 Å². The third-order valence-electron chi connectivity index (χ3n) is 8.57. The maximum atomic E-state index is 12.4. The molecule has 0 aliphatic carbocycles. The molecule has 38 heavy (non-hydrogen) atoms. The van der Waals surface area contributed by atoms with E-state index in [1.54, 1.807) is 0 Å². The number of rotatable bonds is 4. The van der Waals surface area contributed by atoms with Crippen LogP contribution in [0.3, 0.4) is 0 Å². The molecule has 3 aromatic heterocycles. The number of aromatic nitrogens is 6. The minimum atomic E-state index is -0.168. The predicted octanol–water partition coefficient (Wildman–Crippen LogP) is 1.95. The van der Waals surface area contributed by atoms with Crippen molar-refractivity contribution >= 4 is 33.9 Å². The Labute approximate surface area is 220 Å². The average molecular weight is 516 g/mol. The van der Waals surface area contributed by atoms with Crippen molar-refractivity contribution < 1.29 is 9.53 Å². The number of morpholine rings is 1. The molecule has 0 atom stereocenters. The highest BCUT2D eigenvalue weighted by Crippen LogP contribution is 2.38. The summed E-state index contributed by atoms with van der Waals surface area (Å²) in [5, 5.41) is 3.03. The lowest BCUT2D eigenvalue weighted by Gasteiger charge is -2.37. The number of nitrogens with zero attached hydrogens (tertiary/aromatic N) is 8. The summed E-state index contributed by atoms with van der Waals surface area (Å²) in [6.07, 6.45) is 2.76. The first-order chi connectivity index (χ1) is 18.5. The summed E-state index contributed by atoms with van der Waals surface area (Å²) in [6.45, 7) is 8.15. The number of imidazole rings is 2. The van der Waals surface area contributed by atoms with Crippen LogP contribution < -0.4 is 10.2 Å². The highest BCUT2D eigenvalue weighted by molar-refractivity contribution is 5.86. The van der Waals surface area contributed by atoms with Gasteiger partial charge in [0, 0.05) is 26.7 Å². The molecule has 1 aromatic carbocycles. The zero-order valence-corrected chi connectivity index (χ0v) is 22.0. The lowest BCUT2D eigenvalue weighted by atomic mass is 9.77. The number of anilines is 1. The highest BCUT2D eigenvalue weighted by atomic mass is 16.5. The first-order valence-electron chi connectivity index (χ1n) is 13.5. The molecule has 1 amide bonds. The molecule has 1 N–H and O–H groups in total. The molecule has 198 valence electrons. The second-order valence-electron chi connectivity index (χ2n) is 10.8. The molecule has 3 aliphatic heterocycles. The van der Waals surface area contributed by atoms with Gasteiger partial charge in [-0.15, -0.1) is 0 Å². The molecule has 3 aliphatic rings. The number of likely N-dealkylation sites (tertiary alicyclic amines) is 1. The van der Waals surface area contributed by atoms with Gasteiger partial charge in [-0.1, -0.05) is 12.1 Å². The van der Waals surface area contributed by atoms with E-state index in [0.29, 0.717) is 19.2 Å². The monoisotopic (exact) mass is 515 g/mol. The Balaban J connectivity index is 1.28. The Hall–Kier alpha value is -3.57. The van der Waals surface area contributed by atoms with E-state index in [1.807, 2.05) is 36.7 Å². The number of carbonyl (C=O) groups is 1. The van der Waals surface area contributed by atoms with Crippen LogP contribution in [0.4, 0.5) is 5.82 Å².